The first-order chi connectivity index (χ1) is 24.0. The van der Waals surface area contributed by atoms with E-state index in [9.17, 15) is 10.5 Å². The van der Waals surface area contributed by atoms with Gasteiger partial charge in [-0.1, -0.05) is 102 Å². The molecule has 0 bridgehead atoms. The third-order valence-corrected chi connectivity index (χ3v) is 10.1. The van der Waals surface area contributed by atoms with E-state index in [-0.39, 0.29) is 10.8 Å². The van der Waals surface area contributed by atoms with Crippen LogP contribution in [0.4, 0.5) is 0 Å². The fraction of sp³-hybridized carbons (Fsp3) is 0.174. The lowest BCUT2D eigenvalue weighted by atomic mass is 9.86. The van der Waals surface area contributed by atoms with E-state index < -0.39 is 0 Å². The summed E-state index contributed by atoms with van der Waals surface area (Å²) in [6.45, 7) is 13.4. The summed E-state index contributed by atoms with van der Waals surface area (Å²) in [5, 5.41) is 25.6. The maximum absolute atomic E-state index is 11.2. The molecule has 2 heterocycles. The second-order valence-corrected chi connectivity index (χ2v) is 15.4. The molecule has 4 nitrogen and oxygen atoms in total. The monoisotopic (exact) mass is 646 g/mol. The smallest absolute Gasteiger partial charge is 0.104 e. The Morgan fingerprint density at radius 2 is 0.920 bits per heavy atom. The Morgan fingerprint density at radius 3 is 1.38 bits per heavy atom. The van der Waals surface area contributed by atoms with E-state index in [1.165, 1.54) is 11.1 Å². The molecule has 242 valence electrons. The predicted molar refractivity (Wildman–Crippen MR) is 207 cm³/mol. The fourth-order valence-corrected chi connectivity index (χ4v) is 7.41. The number of nitriles is 2. The maximum Gasteiger partial charge on any atom is 0.104 e. The summed E-state index contributed by atoms with van der Waals surface area (Å²) in [4.78, 5) is 0. The molecule has 0 unspecified atom stereocenters. The van der Waals surface area contributed by atoms with Crippen molar-refractivity contribution in [2.75, 3.05) is 0 Å². The Bertz CT molecular complexity index is 2590. The van der Waals surface area contributed by atoms with Crippen molar-refractivity contribution in [1.82, 2.24) is 9.13 Å². The summed E-state index contributed by atoms with van der Waals surface area (Å²) in [6.07, 6.45) is 0. The molecule has 0 saturated heterocycles. The SMILES string of the molecule is CC(C)(C)c1ccc2c(c1)c1ccccc1n2-c1cc(-c2cccc(C#N)c2)cc(-n2c3ccccc3c3cc(C(C)(C)C)ccc32)c1C#N. The summed E-state index contributed by atoms with van der Waals surface area (Å²) in [6, 6.07) is 47.3. The molecule has 0 amide bonds. The van der Waals surface area contributed by atoms with E-state index in [1.807, 2.05) is 24.3 Å². The number of rotatable bonds is 3. The largest absolute Gasteiger partial charge is 0.308 e. The lowest BCUT2D eigenvalue weighted by Gasteiger charge is -2.20. The number of benzene rings is 6. The third-order valence-electron chi connectivity index (χ3n) is 10.1. The molecule has 0 aliphatic carbocycles. The van der Waals surface area contributed by atoms with Crippen LogP contribution in [0.15, 0.2) is 121 Å². The molecular weight excluding hydrogens is 609 g/mol. The highest BCUT2D eigenvalue weighted by Gasteiger charge is 2.24. The molecule has 6 aromatic carbocycles. The molecule has 0 atom stereocenters. The van der Waals surface area contributed by atoms with Gasteiger partial charge in [0.1, 0.15) is 11.6 Å². The number of aromatic nitrogens is 2. The van der Waals surface area contributed by atoms with Crippen LogP contribution >= 0.6 is 0 Å². The number of nitrogens with zero attached hydrogens (tertiary/aromatic N) is 4. The van der Waals surface area contributed by atoms with Gasteiger partial charge in [-0.25, -0.2) is 0 Å². The van der Waals surface area contributed by atoms with Crippen LogP contribution < -0.4 is 0 Å². The molecule has 50 heavy (non-hydrogen) atoms. The number of para-hydroxylation sites is 2. The maximum atomic E-state index is 11.2. The van der Waals surface area contributed by atoms with Gasteiger partial charge in [0.05, 0.1) is 45.1 Å². The van der Waals surface area contributed by atoms with Crippen LogP contribution in [-0.2, 0) is 10.8 Å². The van der Waals surface area contributed by atoms with Gasteiger partial charge >= 0.3 is 0 Å². The highest BCUT2D eigenvalue weighted by atomic mass is 15.0. The molecular formula is C46H38N4. The Hall–Kier alpha value is -6.10. The molecule has 8 aromatic rings. The standard InChI is InChI=1S/C46H38N4/c1-45(2,3)32-18-20-41-36(25-32)34-14-7-9-16-39(34)49(41)43-23-31(30-13-11-12-29(22-30)27-47)24-44(38(43)28-48)50-40-17-10-8-15-35(40)37-26-33(46(4,5)6)19-21-42(37)50/h7-26H,1-6H3. The highest BCUT2D eigenvalue weighted by molar-refractivity contribution is 6.11. The van der Waals surface area contributed by atoms with Crippen LogP contribution in [0.25, 0.3) is 66.1 Å². The van der Waals surface area contributed by atoms with Crippen LogP contribution in [0.1, 0.15) is 63.8 Å². The van der Waals surface area contributed by atoms with Gasteiger partial charge in [0.25, 0.3) is 0 Å². The van der Waals surface area contributed by atoms with Crippen LogP contribution in [0, 0.1) is 22.7 Å². The minimum Gasteiger partial charge on any atom is -0.308 e. The van der Waals surface area contributed by atoms with Crippen LogP contribution in [0.5, 0.6) is 0 Å². The van der Waals surface area contributed by atoms with E-state index in [0.717, 1.165) is 66.1 Å². The summed E-state index contributed by atoms with van der Waals surface area (Å²) in [7, 11) is 0. The zero-order valence-corrected chi connectivity index (χ0v) is 29.3. The molecule has 0 aliphatic heterocycles. The number of hydrogen-bond donors (Lipinski definition) is 0. The van der Waals surface area contributed by atoms with Crippen molar-refractivity contribution in [1.29, 1.82) is 10.5 Å². The predicted octanol–water partition coefficient (Wildman–Crippen LogP) is 11.9. The molecule has 0 saturated carbocycles. The normalized spacial score (nSPS) is 12.2. The Morgan fingerprint density at radius 1 is 0.440 bits per heavy atom. The minimum atomic E-state index is -0.0164. The first-order valence-corrected chi connectivity index (χ1v) is 17.1. The van der Waals surface area contributed by atoms with Crippen molar-refractivity contribution in [2.24, 2.45) is 0 Å². The van der Waals surface area contributed by atoms with Gasteiger partial charge in [-0.3, -0.25) is 0 Å². The molecule has 0 N–H and O–H groups in total. The van der Waals surface area contributed by atoms with Gasteiger partial charge < -0.3 is 9.13 Å². The molecule has 8 rings (SSSR count). The second kappa shape index (κ2) is 11.2. The van der Waals surface area contributed by atoms with Gasteiger partial charge in [0, 0.05) is 21.5 Å². The summed E-state index contributed by atoms with van der Waals surface area (Å²) in [5.74, 6) is 0. The topological polar surface area (TPSA) is 57.4 Å². The van der Waals surface area contributed by atoms with Crippen molar-refractivity contribution in [3.05, 3.63) is 144 Å². The number of hydrogen-bond acceptors (Lipinski definition) is 2. The molecule has 0 spiro atoms. The molecule has 0 fully saturated rings. The van der Waals surface area contributed by atoms with Crippen molar-refractivity contribution < 1.29 is 0 Å². The van der Waals surface area contributed by atoms with Gasteiger partial charge in [-0.05, 0) is 93.7 Å². The molecule has 4 heteroatoms. The first kappa shape index (κ1) is 31.2. The molecule has 2 aromatic heterocycles. The Kier molecular flexibility index (Phi) is 7.00. The lowest BCUT2D eigenvalue weighted by Crippen LogP contribution is -2.10. The van der Waals surface area contributed by atoms with Gasteiger partial charge in [-0.15, -0.1) is 0 Å². The van der Waals surface area contributed by atoms with Gasteiger partial charge in [-0.2, -0.15) is 10.5 Å². The third kappa shape index (κ3) is 4.88. The Balaban J connectivity index is 1.53. The van der Waals surface area contributed by atoms with Crippen molar-refractivity contribution in [3.63, 3.8) is 0 Å². The zero-order valence-electron chi connectivity index (χ0n) is 29.3. The van der Waals surface area contributed by atoms with Crippen molar-refractivity contribution >= 4 is 43.6 Å². The average Bonchev–Trinajstić information content (AvgIpc) is 3.62. The quantitative estimate of drug-likeness (QED) is 0.192. The van der Waals surface area contributed by atoms with Crippen LogP contribution in [0.2, 0.25) is 0 Å². The highest BCUT2D eigenvalue weighted by Crippen LogP contribution is 2.41. The summed E-state index contributed by atoms with van der Waals surface area (Å²) in [5.41, 5.74) is 11.3. The zero-order chi connectivity index (χ0) is 34.9. The van der Waals surface area contributed by atoms with Gasteiger partial charge in [0.15, 0.2) is 0 Å². The van der Waals surface area contributed by atoms with E-state index in [1.54, 1.807) is 0 Å². The Labute approximate surface area is 293 Å². The van der Waals surface area contributed by atoms with Crippen molar-refractivity contribution in [2.45, 2.75) is 52.4 Å². The van der Waals surface area contributed by atoms with E-state index in [2.05, 4.69) is 160 Å². The minimum absolute atomic E-state index is 0.0164. The lowest BCUT2D eigenvalue weighted by molar-refractivity contribution is 0.591. The van der Waals surface area contributed by atoms with E-state index in [0.29, 0.717) is 11.1 Å². The van der Waals surface area contributed by atoms with E-state index >= 15 is 0 Å². The fourth-order valence-electron chi connectivity index (χ4n) is 7.41. The second-order valence-electron chi connectivity index (χ2n) is 15.4. The average molecular weight is 647 g/mol. The first-order valence-electron chi connectivity index (χ1n) is 17.1. The van der Waals surface area contributed by atoms with Crippen molar-refractivity contribution in [3.8, 4) is 34.6 Å². The summed E-state index contributed by atoms with van der Waals surface area (Å²) >= 11 is 0. The molecule has 0 aliphatic rings. The molecule has 0 radical (unpaired) electrons. The summed E-state index contributed by atoms with van der Waals surface area (Å²) < 4.78 is 4.50. The van der Waals surface area contributed by atoms with E-state index in [4.69, 9.17) is 0 Å². The van der Waals surface area contributed by atoms with Crippen LogP contribution in [0.3, 0.4) is 0 Å². The number of fused-ring (bicyclic) bond motifs is 6. The van der Waals surface area contributed by atoms with Crippen LogP contribution in [-0.4, -0.2) is 9.13 Å². The van der Waals surface area contributed by atoms with Gasteiger partial charge in [0.2, 0.25) is 0 Å².